The predicted octanol–water partition coefficient (Wildman–Crippen LogP) is 3.22. The molecule has 172 valence electrons. The number of amides is 3. The number of hydrazine groups is 1. The van der Waals surface area contributed by atoms with Gasteiger partial charge in [-0.3, -0.25) is 24.7 Å². The number of imide groups is 1. The molecule has 1 aliphatic heterocycles. The van der Waals surface area contributed by atoms with Gasteiger partial charge in [0.25, 0.3) is 0 Å². The number of unbranched alkanes of at least 4 members (excludes halogenated alkanes) is 2. The van der Waals surface area contributed by atoms with Crippen LogP contribution in [-0.4, -0.2) is 53.7 Å². The summed E-state index contributed by atoms with van der Waals surface area (Å²) >= 11 is 0. The molecule has 1 unspecified atom stereocenters. The number of nitrogens with one attached hydrogen (secondary N) is 2. The number of carbonyl (C=O) groups excluding carboxylic acids is 3. The van der Waals surface area contributed by atoms with Crippen LogP contribution in [0.2, 0.25) is 0 Å². The Kier molecular flexibility index (Phi) is 10.5. The molecule has 7 heteroatoms. The molecular formula is C23H42N4O3. The molecule has 0 aromatic heterocycles. The SMILES string of the molecule is C=C(CCCCCN1C(=O)CC(C)(C)C1=O)NNC(=O)CCCN(C)C(C)C(C)C. The molecule has 1 heterocycles. The number of rotatable bonds is 14. The first-order chi connectivity index (χ1) is 14.0. The maximum Gasteiger partial charge on any atom is 0.238 e. The largest absolute Gasteiger partial charge is 0.303 e. The summed E-state index contributed by atoms with van der Waals surface area (Å²) in [5, 5.41) is 0. The fraction of sp³-hybridized carbons (Fsp3) is 0.783. The summed E-state index contributed by atoms with van der Waals surface area (Å²) < 4.78 is 0. The Hall–Kier alpha value is -1.89. The van der Waals surface area contributed by atoms with Gasteiger partial charge in [-0.2, -0.15) is 0 Å². The van der Waals surface area contributed by atoms with Crippen LogP contribution < -0.4 is 10.9 Å². The van der Waals surface area contributed by atoms with Crippen molar-refractivity contribution in [3.63, 3.8) is 0 Å². The molecule has 3 amide bonds. The van der Waals surface area contributed by atoms with E-state index in [2.05, 4.69) is 50.1 Å². The molecule has 1 fully saturated rings. The van der Waals surface area contributed by atoms with Crippen molar-refractivity contribution in [2.24, 2.45) is 11.3 Å². The second-order valence-electron chi connectivity index (χ2n) is 9.57. The van der Waals surface area contributed by atoms with E-state index in [4.69, 9.17) is 0 Å². The van der Waals surface area contributed by atoms with Crippen molar-refractivity contribution < 1.29 is 14.4 Å². The van der Waals surface area contributed by atoms with Crippen molar-refractivity contribution in [1.82, 2.24) is 20.7 Å². The van der Waals surface area contributed by atoms with Crippen LogP contribution in [0, 0.1) is 11.3 Å². The Morgan fingerprint density at radius 3 is 2.33 bits per heavy atom. The molecule has 0 radical (unpaired) electrons. The zero-order valence-corrected chi connectivity index (χ0v) is 19.8. The van der Waals surface area contributed by atoms with Gasteiger partial charge in [-0.05, 0) is 52.1 Å². The normalized spacial score (nSPS) is 17.0. The smallest absolute Gasteiger partial charge is 0.238 e. The molecule has 1 rings (SSSR count). The van der Waals surface area contributed by atoms with E-state index in [1.54, 1.807) is 0 Å². The quantitative estimate of drug-likeness (QED) is 0.255. The van der Waals surface area contributed by atoms with Gasteiger partial charge >= 0.3 is 0 Å². The van der Waals surface area contributed by atoms with E-state index in [-0.39, 0.29) is 17.7 Å². The fourth-order valence-electron chi connectivity index (χ4n) is 3.52. The van der Waals surface area contributed by atoms with Crippen LogP contribution in [-0.2, 0) is 14.4 Å². The lowest BCUT2D eigenvalue weighted by Crippen LogP contribution is -2.37. The molecule has 1 aliphatic rings. The molecule has 0 bridgehead atoms. The summed E-state index contributed by atoms with van der Waals surface area (Å²) in [5.74, 6) is 0.433. The minimum absolute atomic E-state index is 0.0320. The van der Waals surface area contributed by atoms with Crippen LogP contribution in [0.25, 0.3) is 0 Å². The van der Waals surface area contributed by atoms with Gasteiger partial charge in [-0.15, -0.1) is 0 Å². The molecule has 2 N–H and O–H groups in total. The van der Waals surface area contributed by atoms with E-state index in [1.807, 2.05) is 13.8 Å². The Morgan fingerprint density at radius 2 is 1.77 bits per heavy atom. The third-order valence-electron chi connectivity index (χ3n) is 6.03. The average molecular weight is 423 g/mol. The number of hydrogen-bond donors (Lipinski definition) is 2. The maximum atomic E-state index is 12.2. The zero-order valence-electron chi connectivity index (χ0n) is 19.8. The van der Waals surface area contributed by atoms with Gasteiger partial charge in [0.05, 0.1) is 5.41 Å². The highest BCUT2D eigenvalue weighted by atomic mass is 16.2. The molecule has 0 saturated carbocycles. The minimum atomic E-state index is -0.560. The molecule has 0 spiro atoms. The van der Waals surface area contributed by atoms with Crippen molar-refractivity contribution in [2.45, 2.75) is 85.6 Å². The maximum absolute atomic E-state index is 12.2. The highest BCUT2D eigenvalue weighted by molar-refractivity contribution is 6.05. The van der Waals surface area contributed by atoms with E-state index in [0.717, 1.165) is 44.3 Å². The van der Waals surface area contributed by atoms with E-state index in [0.29, 0.717) is 31.3 Å². The second kappa shape index (κ2) is 12.1. The molecule has 1 saturated heterocycles. The van der Waals surface area contributed by atoms with Gasteiger partial charge < -0.3 is 10.3 Å². The van der Waals surface area contributed by atoms with Gasteiger partial charge in [-0.1, -0.05) is 40.7 Å². The highest BCUT2D eigenvalue weighted by Gasteiger charge is 2.44. The highest BCUT2D eigenvalue weighted by Crippen LogP contribution is 2.31. The van der Waals surface area contributed by atoms with Gasteiger partial charge in [0.15, 0.2) is 0 Å². The van der Waals surface area contributed by atoms with Gasteiger partial charge in [0.1, 0.15) is 0 Å². The fourth-order valence-corrected chi connectivity index (χ4v) is 3.52. The van der Waals surface area contributed by atoms with E-state index < -0.39 is 5.41 Å². The monoisotopic (exact) mass is 422 g/mol. The third-order valence-corrected chi connectivity index (χ3v) is 6.03. The summed E-state index contributed by atoms with van der Waals surface area (Å²) in [6, 6.07) is 0.499. The van der Waals surface area contributed by atoms with Crippen LogP contribution in [0.5, 0.6) is 0 Å². The molecule has 0 aromatic carbocycles. The van der Waals surface area contributed by atoms with Gasteiger partial charge in [0, 0.05) is 31.1 Å². The predicted molar refractivity (Wildman–Crippen MR) is 120 cm³/mol. The van der Waals surface area contributed by atoms with Crippen LogP contribution in [0.1, 0.15) is 79.6 Å². The van der Waals surface area contributed by atoms with Crippen molar-refractivity contribution >= 4 is 17.7 Å². The number of nitrogens with zero attached hydrogens (tertiary/aromatic N) is 2. The number of carbonyl (C=O) groups is 3. The number of hydrogen-bond acceptors (Lipinski definition) is 5. The van der Waals surface area contributed by atoms with E-state index in [9.17, 15) is 14.4 Å². The first kappa shape index (κ1) is 26.1. The van der Waals surface area contributed by atoms with Crippen molar-refractivity contribution in [1.29, 1.82) is 0 Å². The standard InChI is InChI=1S/C23H42N4O3/c1-17(2)19(4)26(7)14-11-13-20(28)25-24-18(3)12-9-8-10-15-27-21(29)16-23(5,6)22(27)30/h17,19,24H,3,8-16H2,1-2,4-7H3,(H,25,28). The van der Waals surface area contributed by atoms with E-state index in [1.165, 1.54) is 4.90 Å². The lowest BCUT2D eigenvalue weighted by Gasteiger charge is -2.27. The number of allylic oxidation sites excluding steroid dienone is 1. The summed E-state index contributed by atoms with van der Waals surface area (Å²) in [6.07, 6.45) is 4.91. The summed E-state index contributed by atoms with van der Waals surface area (Å²) in [5.41, 5.74) is 5.81. The summed E-state index contributed by atoms with van der Waals surface area (Å²) in [4.78, 5) is 39.8. The second-order valence-corrected chi connectivity index (χ2v) is 9.57. The van der Waals surface area contributed by atoms with Crippen LogP contribution >= 0.6 is 0 Å². The van der Waals surface area contributed by atoms with Crippen molar-refractivity contribution in [2.75, 3.05) is 20.1 Å². The molecule has 0 aromatic rings. The van der Waals surface area contributed by atoms with Crippen molar-refractivity contribution in [3.05, 3.63) is 12.3 Å². The Morgan fingerprint density at radius 1 is 1.10 bits per heavy atom. The van der Waals surface area contributed by atoms with Gasteiger partial charge in [0.2, 0.25) is 17.7 Å². The minimum Gasteiger partial charge on any atom is -0.303 e. The molecule has 1 atom stereocenters. The first-order valence-electron chi connectivity index (χ1n) is 11.2. The topological polar surface area (TPSA) is 81.8 Å². The Bertz CT molecular complexity index is 616. The zero-order chi connectivity index (χ0) is 22.9. The van der Waals surface area contributed by atoms with Crippen LogP contribution in [0.15, 0.2) is 12.3 Å². The van der Waals surface area contributed by atoms with Gasteiger partial charge in [-0.25, -0.2) is 0 Å². The summed E-state index contributed by atoms with van der Waals surface area (Å²) in [6.45, 7) is 15.6. The van der Waals surface area contributed by atoms with Crippen LogP contribution in [0.3, 0.4) is 0 Å². The third kappa shape index (κ3) is 8.46. The van der Waals surface area contributed by atoms with E-state index >= 15 is 0 Å². The number of likely N-dealkylation sites (tertiary alicyclic amines) is 1. The molecule has 30 heavy (non-hydrogen) atoms. The lowest BCUT2D eigenvalue weighted by atomic mass is 9.92. The molecule has 7 nitrogen and oxygen atoms in total. The first-order valence-corrected chi connectivity index (χ1v) is 11.2. The average Bonchev–Trinajstić information content (AvgIpc) is 2.86. The lowest BCUT2D eigenvalue weighted by molar-refractivity contribution is -0.140. The Balaban J connectivity index is 2.10. The molecular weight excluding hydrogens is 380 g/mol. The molecule has 0 aliphatic carbocycles. The van der Waals surface area contributed by atoms with Crippen molar-refractivity contribution in [3.8, 4) is 0 Å². The van der Waals surface area contributed by atoms with Crippen LogP contribution in [0.4, 0.5) is 0 Å². The summed E-state index contributed by atoms with van der Waals surface area (Å²) in [7, 11) is 2.10. The Labute approximate surface area is 182 Å².